The monoisotopic (exact) mass is 325 g/mol. The van der Waals surface area contributed by atoms with Gasteiger partial charge in [0.05, 0.1) is 0 Å². The Hall–Kier alpha value is -2.53. The van der Waals surface area contributed by atoms with Crippen molar-refractivity contribution in [3.63, 3.8) is 0 Å². The standard InChI is InChI=1S/C19H23N3O2/c1-22-13-11-16(12-14-22)21-19(23)20-15-7-9-18(10-8-15)24-17-5-3-2-4-6-17/h2-10,16H,11-14H2,1H3,(H2,20,21,23). The third-order valence-corrected chi connectivity index (χ3v) is 4.14. The topological polar surface area (TPSA) is 53.6 Å². The Morgan fingerprint density at radius 2 is 1.62 bits per heavy atom. The van der Waals surface area contributed by atoms with Crippen LogP contribution in [0.5, 0.6) is 11.5 Å². The second kappa shape index (κ2) is 7.84. The van der Waals surface area contributed by atoms with E-state index in [0.29, 0.717) is 0 Å². The third-order valence-electron chi connectivity index (χ3n) is 4.14. The molecule has 0 aliphatic carbocycles. The Morgan fingerprint density at radius 3 is 2.29 bits per heavy atom. The molecule has 126 valence electrons. The van der Waals surface area contributed by atoms with Crippen molar-refractivity contribution in [2.45, 2.75) is 18.9 Å². The van der Waals surface area contributed by atoms with Crippen LogP contribution in [-0.4, -0.2) is 37.1 Å². The van der Waals surface area contributed by atoms with Gasteiger partial charge in [0.15, 0.2) is 0 Å². The van der Waals surface area contributed by atoms with Gasteiger partial charge in [-0.25, -0.2) is 4.79 Å². The van der Waals surface area contributed by atoms with Crippen LogP contribution in [0.15, 0.2) is 54.6 Å². The van der Waals surface area contributed by atoms with Gasteiger partial charge >= 0.3 is 6.03 Å². The first-order chi connectivity index (χ1) is 11.7. The van der Waals surface area contributed by atoms with Crippen molar-refractivity contribution in [1.82, 2.24) is 10.2 Å². The molecule has 0 saturated carbocycles. The molecule has 24 heavy (non-hydrogen) atoms. The van der Waals surface area contributed by atoms with Gasteiger partial charge in [0, 0.05) is 11.7 Å². The van der Waals surface area contributed by atoms with Crippen molar-refractivity contribution >= 4 is 11.7 Å². The maximum atomic E-state index is 12.1. The number of anilines is 1. The SMILES string of the molecule is CN1CCC(NC(=O)Nc2ccc(Oc3ccccc3)cc2)CC1. The lowest BCUT2D eigenvalue weighted by Gasteiger charge is -2.29. The van der Waals surface area contributed by atoms with Crippen molar-refractivity contribution in [3.8, 4) is 11.5 Å². The minimum absolute atomic E-state index is 0.152. The summed E-state index contributed by atoms with van der Waals surface area (Å²) in [6, 6.07) is 17.1. The zero-order chi connectivity index (χ0) is 16.8. The average molecular weight is 325 g/mol. The summed E-state index contributed by atoms with van der Waals surface area (Å²) < 4.78 is 5.74. The second-order valence-corrected chi connectivity index (χ2v) is 6.12. The average Bonchev–Trinajstić information content (AvgIpc) is 2.60. The highest BCUT2D eigenvalue weighted by molar-refractivity contribution is 5.89. The number of hydrogen-bond acceptors (Lipinski definition) is 3. The number of rotatable bonds is 4. The first kappa shape index (κ1) is 16.3. The van der Waals surface area contributed by atoms with Crippen molar-refractivity contribution in [1.29, 1.82) is 0 Å². The molecule has 0 spiro atoms. The lowest BCUT2D eigenvalue weighted by Crippen LogP contribution is -2.44. The number of hydrogen-bond donors (Lipinski definition) is 2. The van der Waals surface area contributed by atoms with Crippen molar-refractivity contribution in [2.75, 3.05) is 25.5 Å². The van der Waals surface area contributed by atoms with E-state index >= 15 is 0 Å². The lowest BCUT2D eigenvalue weighted by atomic mass is 10.1. The fourth-order valence-corrected chi connectivity index (χ4v) is 2.74. The molecule has 1 aliphatic heterocycles. The number of ether oxygens (including phenoxy) is 1. The van der Waals surface area contributed by atoms with E-state index < -0.39 is 0 Å². The molecule has 1 aliphatic rings. The number of nitrogens with zero attached hydrogens (tertiary/aromatic N) is 1. The highest BCUT2D eigenvalue weighted by Crippen LogP contribution is 2.22. The number of para-hydroxylation sites is 1. The third kappa shape index (κ3) is 4.73. The fraction of sp³-hybridized carbons (Fsp3) is 0.316. The van der Waals surface area contributed by atoms with Crippen LogP contribution in [0.4, 0.5) is 10.5 Å². The number of benzene rings is 2. The van der Waals surface area contributed by atoms with Crippen LogP contribution in [0.25, 0.3) is 0 Å². The molecule has 0 unspecified atom stereocenters. The van der Waals surface area contributed by atoms with Gasteiger partial charge in [0.25, 0.3) is 0 Å². The number of nitrogens with one attached hydrogen (secondary N) is 2. The quantitative estimate of drug-likeness (QED) is 0.901. The molecule has 1 saturated heterocycles. The molecule has 3 rings (SSSR count). The predicted octanol–water partition coefficient (Wildman–Crippen LogP) is 3.69. The molecular formula is C19H23N3O2. The molecule has 2 amide bonds. The molecular weight excluding hydrogens is 302 g/mol. The van der Waals surface area contributed by atoms with Gasteiger partial charge in [-0.2, -0.15) is 0 Å². The molecule has 2 aromatic carbocycles. The summed E-state index contributed by atoms with van der Waals surface area (Å²) in [5.74, 6) is 1.53. The van der Waals surface area contributed by atoms with Crippen LogP contribution in [-0.2, 0) is 0 Å². The Labute approximate surface area is 142 Å². The van der Waals surface area contributed by atoms with Gasteiger partial charge in [0.2, 0.25) is 0 Å². The van der Waals surface area contributed by atoms with Gasteiger partial charge in [-0.1, -0.05) is 18.2 Å². The van der Waals surface area contributed by atoms with E-state index in [2.05, 4.69) is 22.6 Å². The normalized spacial score (nSPS) is 15.7. The molecule has 1 heterocycles. The molecule has 0 atom stereocenters. The smallest absolute Gasteiger partial charge is 0.319 e. The lowest BCUT2D eigenvalue weighted by molar-refractivity contribution is 0.221. The second-order valence-electron chi connectivity index (χ2n) is 6.12. The van der Waals surface area contributed by atoms with Crippen LogP contribution in [0.1, 0.15) is 12.8 Å². The van der Waals surface area contributed by atoms with Crippen LogP contribution in [0.2, 0.25) is 0 Å². The summed E-state index contributed by atoms with van der Waals surface area (Å²) in [5, 5.41) is 5.91. The van der Waals surface area contributed by atoms with Gasteiger partial charge < -0.3 is 20.3 Å². The maximum Gasteiger partial charge on any atom is 0.319 e. The highest BCUT2D eigenvalue weighted by atomic mass is 16.5. The van der Waals surface area contributed by atoms with E-state index in [1.807, 2.05) is 54.6 Å². The molecule has 2 aromatic rings. The summed E-state index contributed by atoms with van der Waals surface area (Å²) in [5.41, 5.74) is 0.751. The molecule has 5 nitrogen and oxygen atoms in total. The maximum absolute atomic E-state index is 12.1. The first-order valence-corrected chi connectivity index (χ1v) is 8.28. The van der Waals surface area contributed by atoms with Gasteiger partial charge in [-0.3, -0.25) is 0 Å². The van der Waals surface area contributed by atoms with Crippen LogP contribution >= 0.6 is 0 Å². The molecule has 0 aromatic heterocycles. The van der Waals surface area contributed by atoms with E-state index in [0.717, 1.165) is 43.1 Å². The number of piperidine rings is 1. The number of carbonyl (C=O) groups excluding carboxylic acids is 1. The van der Waals surface area contributed by atoms with Crippen LogP contribution in [0, 0.1) is 0 Å². The zero-order valence-corrected chi connectivity index (χ0v) is 13.9. The summed E-state index contributed by atoms with van der Waals surface area (Å²) in [4.78, 5) is 14.4. The Balaban J connectivity index is 1.49. The molecule has 1 fully saturated rings. The van der Waals surface area contributed by atoms with Crippen molar-refractivity contribution < 1.29 is 9.53 Å². The summed E-state index contributed by atoms with van der Waals surface area (Å²) >= 11 is 0. The largest absolute Gasteiger partial charge is 0.457 e. The van der Waals surface area contributed by atoms with E-state index in [4.69, 9.17) is 4.74 Å². The minimum atomic E-state index is -0.152. The summed E-state index contributed by atoms with van der Waals surface area (Å²) in [6.45, 7) is 2.05. The number of likely N-dealkylation sites (tertiary alicyclic amines) is 1. The van der Waals surface area contributed by atoms with Crippen LogP contribution in [0.3, 0.4) is 0 Å². The number of amides is 2. The fourth-order valence-electron chi connectivity index (χ4n) is 2.74. The molecule has 0 bridgehead atoms. The number of urea groups is 1. The van der Waals surface area contributed by atoms with E-state index in [-0.39, 0.29) is 12.1 Å². The van der Waals surface area contributed by atoms with E-state index in [9.17, 15) is 4.79 Å². The van der Waals surface area contributed by atoms with Gasteiger partial charge in [-0.15, -0.1) is 0 Å². The van der Waals surface area contributed by atoms with Crippen LogP contribution < -0.4 is 15.4 Å². The number of carbonyl (C=O) groups is 1. The Kier molecular flexibility index (Phi) is 5.33. The van der Waals surface area contributed by atoms with Crippen molar-refractivity contribution in [3.05, 3.63) is 54.6 Å². The first-order valence-electron chi connectivity index (χ1n) is 8.28. The van der Waals surface area contributed by atoms with E-state index in [1.54, 1.807) is 0 Å². The van der Waals surface area contributed by atoms with E-state index in [1.165, 1.54) is 0 Å². The van der Waals surface area contributed by atoms with Gasteiger partial charge in [0.1, 0.15) is 11.5 Å². The Morgan fingerprint density at radius 1 is 1.00 bits per heavy atom. The molecule has 0 radical (unpaired) electrons. The molecule has 5 heteroatoms. The highest BCUT2D eigenvalue weighted by Gasteiger charge is 2.18. The van der Waals surface area contributed by atoms with Crippen molar-refractivity contribution in [2.24, 2.45) is 0 Å². The summed E-state index contributed by atoms with van der Waals surface area (Å²) in [6.07, 6.45) is 1.99. The van der Waals surface area contributed by atoms with Gasteiger partial charge in [-0.05, 0) is 69.4 Å². The minimum Gasteiger partial charge on any atom is -0.457 e. The molecule has 2 N–H and O–H groups in total. The summed E-state index contributed by atoms with van der Waals surface area (Å²) in [7, 11) is 2.11. The predicted molar refractivity (Wildman–Crippen MR) is 95.6 cm³/mol. The Bertz CT molecular complexity index is 650. The zero-order valence-electron chi connectivity index (χ0n) is 13.9.